The first-order valence-electron chi connectivity index (χ1n) is 5.78. The summed E-state index contributed by atoms with van der Waals surface area (Å²) in [6.07, 6.45) is -1.46. The second kappa shape index (κ2) is 4.98. The van der Waals surface area contributed by atoms with Crippen molar-refractivity contribution in [1.82, 2.24) is 0 Å². The Kier molecular flexibility index (Phi) is 4.02. The molecule has 0 bridgehead atoms. The highest BCUT2D eigenvalue weighted by atomic mass is 16.5. The van der Waals surface area contributed by atoms with Gasteiger partial charge in [0.15, 0.2) is 6.10 Å². The second-order valence-electron chi connectivity index (χ2n) is 5.43. The first-order valence-corrected chi connectivity index (χ1v) is 5.78. The van der Waals surface area contributed by atoms with Gasteiger partial charge in [-0.3, -0.25) is 0 Å². The van der Waals surface area contributed by atoms with Gasteiger partial charge in [-0.25, -0.2) is 4.79 Å². The molecule has 0 aliphatic rings. The lowest BCUT2D eigenvalue weighted by Crippen LogP contribution is -2.17. The van der Waals surface area contributed by atoms with Crippen molar-refractivity contribution in [2.75, 3.05) is 7.11 Å². The maximum atomic E-state index is 11.4. The maximum absolute atomic E-state index is 11.4. The van der Waals surface area contributed by atoms with Gasteiger partial charge in [0.1, 0.15) is 5.75 Å². The zero-order chi connectivity index (χ0) is 14.1. The lowest BCUT2D eigenvalue weighted by Gasteiger charge is -2.23. The lowest BCUT2D eigenvalue weighted by molar-refractivity contribution is -0.150. The van der Waals surface area contributed by atoms with Crippen molar-refractivity contribution in [2.24, 2.45) is 0 Å². The van der Waals surface area contributed by atoms with Crippen molar-refractivity contribution in [3.05, 3.63) is 28.8 Å². The molecule has 18 heavy (non-hydrogen) atoms. The third-order valence-corrected chi connectivity index (χ3v) is 2.81. The van der Waals surface area contributed by atoms with Gasteiger partial charge in [-0.1, -0.05) is 32.4 Å². The first kappa shape index (κ1) is 14.5. The molecule has 100 valence electrons. The molecule has 0 saturated heterocycles. The highest BCUT2D eigenvalue weighted by molar-refractivity contribution is 5.77. The van der Waals surface area contributed by atoms with Crippen molar-refractivity contribution in [1.29, 1.82) is 0 Å². The minimum Gasteiger partial charge on any atom is -0.507 e. The second-order valence-corrected chi connectivity index (χ2v) is 5.43. The third kappa shape index (κ3) is 2.82. The van der Waals surface area contributed by atoms with Gasteiger partial charge < -0.3 is 14.9 Å². The van der Waals surface area contributed by atoms with Crippen molar-refractivity contribution < 1.29 is 19.7 Å². The number of carbonyl (C=O) groups is 1. The SMILES string of the molecule is COC(=O)C(O)c1cc(C)cc(C(C)(C)C)c1O. The zero-order valence-electron chi connectivity index (χ0n) is 11.4. The van der Waals surface area contributed by atoms with Crippen LogP contribution in [0.4, 0.5) is 0 Å². The van der Waals surface area contributed by atoms with Gasteiger partial charge in [0, 0.05) is 5.56 Å². The Balaban J connectivity index is 3.38. The summed E-state index contributed by atoms with van der Waals surface area (Å²) in [5.41, 5.74) is 1.48. The Morgan fingerprint density at radius 2 is 1.89 bits per heavy atom. The number of benzene rings is 1. The van der Waals surface area contributed by atoms with Gasteiger partial charge in [0.25, 0.3) is 0 Å². The number of aryl methyl sites for hydroxylation is 1. The van der Waals surface area contributed by atoms with E-state index in [9.17, 15) is 15.0 Å². The number of hydrogen-bond donors (Lipinski definition) is 2. The molecule has 0 aromatic heterocycles. The van der Waals surface area contributed by atoms with E-state index in [1.54, 1.807) is 6.07 Å². The van der Waals surface area contributed by atoms with Gasteiger partial charge in [-0.2, -0.15) is 0 Å². The maximum Gasteiger partial charge on any atom is 0.339 e. The Bertz CT molecular complexity index is 458. The molecule has 0 spiro atoms. The number of phenolic OH excluding ortho intramolecular Hbond substituents is 1. The fraction of sp³-hybridized carbons (Fsp3) is 0.500. The summed E-state index contributed by atoms with van der Waals surface area (Å²) in [5, 5.41) is 20.0. The van der Waals surface area contributed by atoms with Crippen molar-refractivity contribution in [3.63, 3.8) is 0 Å². The number of phenols is 1. The van der Waals surface area contributed by atoms with Crippen molar-refractivity contribution in [2.45, 2.75) is 39.2 Å². The molecule has 1 aromatic carbocycles. The van der Waals surface area contributed by atoms with E-state index in [1.165, 1.54) is 7.11 Å². The number of methoxy groups -OCH3 is 1. The Morgan fingerprint density at radius 3 is 2.33 bits per heavy atom. The van der Waals surface area contributed by atoms with Crippen LogP contribution in [0.1, 0.15) is 43.6 Å². The smallest absolute Gasteiger partial charge is 0.339 e. The van der Waals surface area contributed by atoms with E-state index in [-0.39, 0.29) is 16.7 Å². The van der Waals surface area contributed by atoms with E-state index in [1.807, 2.05) is 33.8 Å². The average Bonchev–Trinajstić information content (AvgIpc) is 2.28. The van der Waals surface area contributed by atoms with Gasteiger partial charge in [0.05, 0.1) is 7.11 Å². The van der Waals surface area contributed by atoms with Crippen LogP contribution in [0.3, 0.4) is 0 Å². The van der Waals surface area contributed by atoms with Gasteiger partial charge in [-0.05, 0) is 24.0 Å². The molecule has 1 aromatic rings. The first-order chi connectivity index (χ1) is 8.18. The molecule has 0 aliphatic heterocycles. The number of carbonyl (C=O) groups excluding carboxylic acids is 1. The van der Waals surface area contributed by atoms with Crippen LogP contribution >= 0.6 is 0 Å². The van der Waals surface area contributed by atoms with Gasteiger partial charge in [-0.15, -0.1) is 0 Å². The fourth-order valence-electron chi connectivity index (χ4n) is 1.83. The summed E-state index contributed by atoms with van der Waals surface area (Å²) in [6.45, 7) is 7.71. The molecule has 0 saturated carbocycles. The number of aliphatic hydroxyl groups is 1. The van der Waals surface area contributed by atoms with E-state index >= 15 is 0 Å². The number of hydrogen-bond acceptors (Lipinski definition) is 4. The number of esters is 1. The monoisotopic (exact) mass is 252 g/mol. The predicted molar refractivity (Wildman–Crippen MR) is 68.5 cm³/mol. The van der Waals surface area contributed by atoms with Crippen molar-refractivity contribution >= 4 is 5.97 Å². The third-order valence-electron chi connectivity index (χ3n) is 2.81. The number of aromatic hydroxyl groups is 1. The fourth-order valence-corrected chi connectivity index (χ4v) is 1.83. The molecule has 2 N–H and O–H groups in total. The Hall–Kier alpha value is -1.55. The molecule has 0 fully saturated rings. The Labute approximate surface area is 107 Å². The average molecular weight is 252 g/mol. The summed E-state index contributed by atoms with van der Waals surface area (Å²) in [5.74, 6) is -0.832. The van der Waals surface area contributed by atoms with E-state index in [4.69, 9.17) is 0 Å². The predicted octanol–water partition coefficient (Wildman–Crippen LogP) is 2.20. The molecule has 0 aliphatic carbocycles. The van der Waals surface area contributed by atoms with Crippen LogP contribution < -0.4 is 0 Å². The minimum absolute atomic E-state index is 0.0500. The molecule has 4 nitrogen and oxygen atoms in total. The topological polar surface area (TPSA) is 66.8 Å². The van der Waals surface area contributed by atoms with E-state index in [0.29, 0.717) is 5.56 Å². The van der Waals surface area contributed by atoms with Crippen LogP contribution in [-0.4, -0.2) is 23.3 Å². The van der Waals surface area contributed by atoms with Gasteiger partial charge >= 0.3 is 5.97 Å². The van der Waals surface area contributed by atoms with Crippen LogP contribution in [0, 0.1) is 6.92 Å². The Morgan fingerprint density at radius 1 is 1.33 bits per heavy atom. The zero-order valence-corrected chi connectivity index (χ0v) is 11.4. The molecule has 0 amide bonds. The molecule has 1 rings (SSSR count). The van der Waals surface area contributed by atoms with E-state index in [0.717, 1.165) is 5.56 Å². The molecular weight excluding hydrogens is 232 g/mol. The highest BCUT2D eigenvalue weighted by Crippen LogP contribution is 2.37. The number of rotatable bonds is 2. The lowest BCUT2D eigenvalue weighted by atomic mass is 9.83. The largest absolute Gasteiger partial charge is 0.507 e. The van der Waals surface area contributed by atoms with E-state index in [2.05, 4.69) is 4.74 Å². The summed E-state index contributed by atoms with van der Waals surface area (Å²) >= 11 is 0. The molecule has 1 unspecified atom stereocenters. The molecule has 1 atom stereocenters. The van der Waals surface area contributed by atoms with Crippen LogP contribution in [-0.2, 0) is 14.9 Å². The standard InChI is InChI=1S/C14H20O4/c1-8-6-9(12(16)13(17)18-5)11(15)10(7-8)14(2,3)4/h6-7,12,15-16H,1-5H3. The van der Waals surface area contributed by atoms with Crippen LogP contribution in [0.15, 0.2) is 12.1 Å². The molecular formula is C14H20O4. The summed E-state index contributed by atoms with van der Waals surface area (Å²) in [6, 6.07) is 3.44. The number of ether oxygens (including phenoxy) is 1. The van der Waals surface area contributed by atoms with Gasteiger partial charge in [0.2, 0.25) is 0 Å². The molecule has 0 radical (unpaired) electrons. The summed E-state index contributed by atoms with van der Waals surface area (Å²) in [4.78, 5) is 11.4. The molecule has 0 heterocycles. The summed E-state index contributed by atoms with van der Waals surface area (Å²) in [7, 11) is 1.20. The summed E-state index contributed by atoms with van der Waals surface area (Å²) < 4.78 is 4.49. The normalized spacial score (nSPS) is 13.2. The van der Waals surface area contributed by atoms with Crippen molar-refractivity contribution in [3.8, 4) is 5.75 Å². The van der Waals surface area contributed by atoms with Crippen LogP contribution in [0.5, 0.6) is 5.75 Å². The highest BCUT2D eigenvalue weighted by Gasteiger charge is 2.27. The minimum atomic E-state index is -1.46. The quantitative estimate of drug-likeness (QED) is 0.792. The number of aliphatic hydroxyl groups excluding tert-OH is 1. The van der Waals surface area contributed by atoms with Crippen LogP contribution in [0.2, 0.25) is 0 Å². The van der Waals surface area contributed by atoms with Crippen LogP contribution in [0.25, 0.3) is 0 Å². The molecule has 4 heteroatoms. The van der Waals surface area contributed by atoms with E-state index < -0.39 is 12.1 Å².